The van der Waals surface area contributed by atoms with Crippen molar-refractivity contribution in [3.8, 4) is 0 Å². The van der Waals surface area contributed by atoms with E-state index in [4.69, 9.17) is 5.53 Å². The fourth-order valence-electron chi connectivity index (χ4n) is 3.69. The molecule has 0 bridgehead atoms. The molecule has 0 aliphatic carbocycles. The van der Waals surface area contributed by atoms with Gasteiger partial charge in [0.25, 0.3) is 0 Å². The lowest BCUT2D eigenvalue weighted by Crippen LogP contribution is -2.48. The van der Waals surface area contributed by atoms with Gasteiger partial charge in [-0.05, 0) is 36.0 Å². The first-order valence-electron chi connectivity index (χ1n) is 9.45. The lowest BCUT2D eigenvalue weighted by atomic mass is 9.96. The van der Waals surface area contributed by atoms with Crippen molar-refractivity contribution in [1.82, 2.24) is 9.80 Å². The Hall–Kier alpha value is -2.33. The summed E-state index contributed by atoms with van der Waals surface area (Å²) in [6.45, 7) is 6.04. The molecule has 0 N–H and O–H groups in total. The van der Waals surface area contributed by atoms with Gasteiger partial charge in [0.1, 0.15) is 0 Å². The Morgan fingerprint density at radius 3 is 1.96 bits per heavy atom. The van der Waals surface area contributed by atoms with Gasteiger partial charge in [0.2, 0.25) is 0 Å². The van der Waals surface area contributed by atoms with Gasteiger partial charge in [-0.3, -0.25) is 4.90 Å². The molecule has 0 amide bonds. The number of nitrogens with zero attached hydrogens (tertiary/aromatic N) is 5. The predicted octanol–water partition coefficient (Wildman–Crippen LogP) is 4.48. The van der Waals surface area contributed by atoms with Crippen molar-refractivity contribution in [2.75, 3.05) is 39.3 Å². The van der Waals surface area contributed by atoms with Crippen LogP contribution in [-0.4, -0.2) is 49.1 Å². The van der Waals surface area contributed by atoms with Gasteiger partial charge in [-0.25, -0.2) is 0 Å². The molecular formula is C21H27N5. The van der Waals surface area contributed by atoms with Crippen molar-refractivity contribution in [1.29, 1.82) is 0 Å². The maximum absolute atomic E-state index is 8.33. The SMILES string of the molecule is [N-]=[N+]=NCCCCN1CCN(C(c2ccccc2)c2ccccc2)CC1. The van der Waals surface area contributed by atoms with Crippen LogP contribution in [0.25, 0.3) is 10.4 Å². The van der Waals surface area contributed by atoms with Crippen LogP contribution < -0.4 is 0 Å². The van der Waals surface area contributed by atoms with Crippen LogP contribution in [0.1, 0.15) is 30.0 Å². The zero-order valence-corrected chi connectivity index (χ0v) is 15.2. The average Bonchev–Trinajstić information content (AvgIpc) is 2.71. The zero-order chi connectivity index (χ0) is 18.0. The lowest BCUT2D eigenvalue weighted by Gasteiger charge is -2.39. The molecule has 2 aromatic carbocycles. The molecule has 0 radical (unpaired) electrons. The summed E-state index contributed by atoms with van der Waals surface area (Å²) >= 11 is 0. The number of unbranched alkanes of at least 4 members (excludes halogenated alkanes) is 1. The molecule has 0 saturated carbocycles. The lowest BCUT2D eigenvalue weighted by molar-refractivity contribution is 0.108. The van der Waals surface area contributed by atoms with E-state index in [1.807, 2.05) is 0 Å². The van der Waals surface area contributed by atoms with Crippen LogP contribution >= 0.6 is 0 Å². The molecule has 1 fully saturated rings. The predicted molar refractivity (Wildman–Crippen MR) is 106 cm³/mol. The summed E-state index contributed by atoms with van der Waals surface area (Å²) in [6, 6.07) is 22.0. The van der Waals surface area contributed by atoms with Crippen LogP contribution in [0.2, 0.25) is 0 Å². The average molecular weight is 349 g/mol. The molecule has 5 heteroatoms. The molecular weight excluding hydrogens is 322 g/mol. The second-order valence-electron chi connectivity index (χ2n) is 6.76. The van der Waals surface area contributed by atoms with Gasteiger partial charge < -0.3 is 4.90 Å². The van der Waals surface area contributed by atoms with Gasteiger partial charge in [0, 0.05) is 37.6 Å². The summed E-state index contributed by atoms with van der Waals surface area (Å²) in [4.78, 5) is 7.94. The maximum Gasteiger partial charge on any atom is 0.0602 e. The number of rotatable bonds is 8. The minimum Gasteiger partial charge on any atom is -0.301 e. The highest BCUT2D eigenvalue weighted by molar-refractivity contribution is 5.31. The second kappa shape index (κ2) is 9.97. The Morgan fingerprint density at radius 2 is 1.42 bits per heavy atom. The summed E-state index contributed by atoms with van der Waals surface area (Å²) < 4.78 is 0. The minimum atomic E-state index is 0.324. The summed E-state index contributed by atoms with van der Waals surface area (Å²) in [5.41, 5.74) is 11.1. The van der Waals surface area contributed by atoms with Gasteiger partial charge in [0.15, 0.2) is 0 Å². The van der Waals surface area contributed by atoms with Crippen LogP contribution in [0.5, 0.6) is 0 Å². The third kappa shape index (κ3) is 5.09. The molecule has 0 unspecified atom stereocenters. The first-order chi connectivity index (χ1) is 12.9. The quantitative estimate of drug-likeness (QED) is 0.305. The Morgan fingerprint density at radius 1 is 0.846 bits per heavy atom. The van der Waals surface area contributed by atoms with E-state index in [9.17, 15) is 0 Å². The highest BCUT2D eigenvalue weighted by Gasteiger charge is 2.25. The van der Waals surface area contributed by atoms with Crippen molar-refractivity contribution >= 4 is 0 Å². The van der Waals surface area contributed by atoms with Gasteiger partial charge >= 0.3 is 0 Å². The maximum atomic E-state index is 8.33. The summed E-state index contributed by atoms with van der Waals surface area (Å²) in [5.74, 6) is 0. The van der Waals surface area contributed by atoms with Crippen LogP contribution in [-0.2, 0) is 0 Å². The molecule has 5 nitrogen and oxygen atoms in total. The van der Waals surface area contributed by atoms with E-state index in [-0.39, 0.29) is 0 Å². The monoisotopic (exact) mass is 349 g/mol. The molecule has 0 atom stereocenters. The highest BCUT2D eigenvalue weighted by atomic mass is 15.3. The van der Waals surface area contributed by atoms with Crippen LogP contribution in [0.4, 0.5) is 0 Å². The van der Waals surface area contributed by atoms with E-state index in [1.165, 1.54) is 11.1 Å². The number of azide groups is 1. The Balaban J connectivity index is 1.60. The van der Waals surface area contributed by atoms with Gasteiger partial charge in [-0.15, -0.1) is 0 Å². The highest BCUT2D eigenvalue weighted by Crippen LogP contribution is 2.29. The van der Waals surface area contributed by atoms with E-state index < -0.39 is 0 Å². The summed E-state index contributed by atoms with van der Waals surface area (Å²) in [6.07, 6.45) is 2.07. The van der Waals surface area contributed by atoms with Crippen LogP contribution in [0.3, 0.4) is 0 Å². The van der Waals surface area contributed by atoms with Crippen molar-refractivity contribution in [3.05, 3.63) is 82.2 Å². The summed E-state index contributed by atoms with van der Waals surface area (Å²) in [5, 5.41) is 3.61. The smallest absolute Gasteiger partial charge is 0.0602 e. The van der Waals surface area contributed by atoms with Crippen molar-refractivity contribution < 1.29 is 0 Å². The molecule has 1 aliphatic rings. The van der Waals surface area contributed by atoms with E-state index in [1.54, 1.807) is 0 Å². The molecule has 1 heterocycles. The van der Waals surface area contributed by atoms with Crippen molar-refractivity contribution in [2.24, 2.45) is 5.11 Å². The molecule has 26 heavy (non-hydrogen) atoms. The largest absolute Gasteiger partial charge is 0.301 e. The molecule has 3 rings (SSSR count). The third-order valence-corrected chi connectivity index (χ3v) is 5.05. The Kier molecular flexibility index (Phi) is 7.08. The number of hydrogen-bond acceptors (Lipinski definition) is 3. The Bertz CT molecular complexity index is 649. The third-order valence-electron chi connectivity index (χ3n) is 5.05. The first-order valence-corrected chi connectivity index (χ1v) is 9.45. The Labute approximate surface area is 155 Å². The topological polar surface area (TPSA) is 55.2 Å². The molecule has 136 valence electrons. The molecule has 0 spiro atoms. The molecule has 1 saturated heterocycles. The first kappa shape index (κ1) is 18.5. The van der Waals surface area contributed by atoms with E-state index in [2.05, 4.69) is 80.5 Å². The molecule has 1 aliphatic heterocycles. The standard InChI is InChI=1S/C21H27N5/c22-24-23-13-7-8-14-25-15-17-26(18-16-25)21(19-9-3-1-4-10-19)20-11-5-2-6-12-20/h1-6,9-12,21H,7-8,13-18H2. The van der Waals surface area contributed by atoms with Crippen molar-refractivity contribution in [2.45, 2.75) is 18.9 Å². The van der Waals surface area contributed by atoms with Gasteiger partial charge in [-0.1, -0.05) is 65.8 Å². The normalized spacial score (nSPS) is 15.7. The van der Waals surface area contributed by atoms with Crippen molar-refractivity contribution in [3.63, 3.8) is 0 Å². The van der Waals surface area contributed by atoms with E-state index >= 15 is 0 Å². The number of benzene rings is 2. The number of hydrogen-bond donors (Lipinski definition) is 0. The van der Waals surface area contributed by atoms with Gasteiger partial charge in [-0.2, -0.15) is 0 Å². The summed E-state index contributed by atoms with van der Waals surface area (Å²) in [7, 11) is 0. The fourth-order valence-corrected chi connectivity index (χ4v) is 3.69. The number of piperazine rings is 1. The molecule has 2 aromatic rings. The molecule has 0 aromatic heterocycles. The van der Waals surface area contributed by atoms with E-state index in [0.29, 0.717) is 12.6 Å². The van der Waals surface area contributed by atoms with E-state index in [0.717, 1.165) is 45.6 Å². The van der Waals surface area contributed by atoms with Gasteiger partial charge in [0.05, 0.1) is 6.04 Å². The fraction of sp³-hybridized carbons (Fsp3) is 0.429. The minimum absolute atomic E-state index is 0.324. The second-order valence-corrected chi connectivity index (χ2v) is 6.76. The zero-order valence-electron chi connectivity index (χ0n) is 15.2. The van der Waals surface area contributed by atoms with Crippen LogP contribution in [0, 0.1) is 0 Å². The van der Waals surface area contributed by atoms with Crippen LogP contribution in [0.15, 0.2) is 65.8 Å².